The number of aromatic nitrogens is 1. The summed E-state index contributed by atoms with van der Waals surface area (Å²) in [4.78, 5) is 7.41. The van der Waals surface area contributed by atoms with E-state index in [4.69, 9.17) is 4.98 Å². The van der Waals surface area contributed by atoms with Crippen molar-refractivity contribution in [2.24, 2.45) is 22.8 Å². The molecule has 0 radical (unpaired) electrons. The van der Waals surface area contributed by atoms with E-state index in [1.54, 1.807) is 0 Å². The van der Waals surface area contributed by atoms with Gasteiger partial charge in [-0.25, -0.2) is 4.98 Å². The largest absolute Gasteiger partial charge is 0.370 e. The zero-order valence-corrected chi connectivity index (χ0v) is 17.7. The molecule has 4 rings (SSSR count). The Morgan fingerprint density at radius 1 is 1.29 bits per heavy atom. The Kier molecular flexibility index (Phi) is 7.49. The van der Waals surface area contributed by atoms with Crippen LogP contribution in [0.3, 0.4) is 0 Å². The highest BCUT2D eigenvalue weighted by molar-refractivity contribution is 5.49. The van der Waals surface area contributed by atoms with Crippen molar-refractivity contribution >= 4 is 5.82 Å². The molecule has 156 valence electrons. The molecule has 5 nitrogen and oxygen atoms in total. The van der Waals surface area contributed by atoms with E-state index >= 15 is 0 Å². The molecule has 1 aromatic rings. The lowest BCUT2D eigenvalue weighted by atomic mass is 9.55. The molecule has 1 aromatic heterocycles. The Hall–Kier alpha value is -1.43. The molecule has 3 heterocycles. The molecular formula is C23H39N5. The fraction of sp³-hybridized carbons (Fsp3) is 0.696. The number of hydrogen-bond acceptors (Lipinski definition) is 5. The summed E-state index contributed by atoms with van der Waals surface area (Å²) < 4.78 is 0. The number of anilines is 1. The maximum atomic E-state index is 4.76. The molecule has 1 aliphatic carbocycles. The second kappa shape index (κ2) is 9.86. The van der Waals surface area contributed by atoms with Crippen LogP contribution in [0.5, 0.6) is 0 Å². The van der Waals surface area contributed by atoms with Crippen LogP contribution in [-0.2, 0) is 12.8 Å². The van der Waals surface area contributed by atoms with E-state index in [0.717, 1.165) is 31.1 Å². The van der Waals surface area contributed by atoms with Crippen LogP contribution >= 0.6 is 0 Å². The van der Waals surface area contributed by atoms with Crippen LogP contribution in [0.2, 0.25) is 0 Å². The summed E-state index contributed by atoms with van der Waals surface area (Å²) in [6.45, 7) is 11.8. The Balaban J connectivity index is 0.000000706. The fourth-order valence-corrected chi connectivity index (χ4v) is 5.02. The van der Waals surface area contributed by atoms with E-state index in [0.29, 0.717) is 5.41 Å². The van der Waals surface area contributed by atoms with Crippen molar-refractivity contribution in [1.29, 1.82) is 0 Å². The highest BCUT2D eigenvalue weighted by Gasteiger charge is 2.52. The van der Waals surface area contributed by atoms with Crippen molar-refractivity contribution < 1.29 is 0 Å². The molecule has 1 saturated heterocycles. The average molecular weight is 386 g/mol. The topological polar surface area (TPSA) is 80.2 Å². The number of unbranched alkanes of at least 4 members (excludes halogenated alkanes) is 1. The number of nitrogens with two attached hydrogens (primary N) is 2. The van der Waals surface area contributed by atoms with Crippen LogP contribution in [0, 0.1) is 11.3 Å². The Labute approximate surface area is 171 Å². The Bertz CT molecular complexity index is 642. The van der Waals surface area contributed by atoms with E-state index in [9.17, 15) is 0 Å². The summed E-state index contributed by atoms with van der Waals surface area (Å²) in [5.41, 5.74) is 14.1. The van der Waals surface area contributed by atoms with Crippen LogP contribution in [0.25, 0.3) is 0 Å². The van der Waals surface area contributed by atoms with Gasteiger partial charge >= 0.3 is 0 Å². The van der Waals surface area contributed by atoms with Gasteiger partial charge in [0, 0.05) is 32.0 Å². The summed E-state index contributed by atoms with van der Waals surface area (Å²) in [6.07, 6.45) is 10.1. The van der Waals surface area contributed by atoms with Gasteiger partial charge in [-0.15, -0.1) is 0 Å². The normalized spacial score (nSPS) is 19.8. The summed E-state index contributed by atoms with van der Waals surface area (Å²) in [6, 6.07) is 4.48. The molecule has 28 heavy (non-hydrogen) atoms. The smallest absolute Gasteiger partial charge is 0.129 e. The van der Waals surface area contributed by atoms with Crippen molar-refractivity contribution in [1.82, 2.24) is 9.88 Å². The number of allylic oxidation sites excluding steroid dienone is 1. The minimum atomic E-state index is 0.250. The lowest BCUT2D eigenvalue weighted by molar-refractivity contribution is -0.0849. The second-order valence-corrected chi connectivity index (χ2v) is 8.90. The van der Waals surface area contributed by atoms with Gasteiger partial charge in [-0.2, -0.15) is 0 Å². The summed E-state index contributed by atoms with van der Waals surface area (Å²) in [5, 5.41) is 3.39. The van der Waals surface area contributed by atoms with Gasteiger partial charge in [0.15, 0.2) is 0 Å². The van der Waals surface area contributed by atoms with Gasteiger partial charge in [0.1, 0.15) is 5.82 Å². The molecule has 0 amide bonds. The monoisotopic (exact) mass is 385 g/mol. The first kappa shape index (κ1) is 21.3. The average Bonchev–Trinajstić information content (AvgIpc) is 3.08. The predicted octanol–water partition coefficient (Wildman–Crippen LogP) is 3.30. The molecular weight excluding hydrogens is 346 g/mol. The molecule has 0 unspecified atom stereocenters. The number of nitrogens with one attached hydrogen (secondary N) is 1. The highest BCUT2D eigenvalue weighted by atomic mass is 15.2. The third-order valence-electron chi connectivity index (χ3n) is 6.54. The van der Waals surface area contributed by atoms with Crippen molar-refractivity contribution in [2.45, 2.75) is 58.3 Å². The molecule has 1 saturated carbocycles. The zero-order valence-electron chi connectivity index (χ0n) is 17.7. The second-order valence-electron chi connectivity index (χ2n) is 8.90. The number of nitrogens with zero attached hydrogens (tertiary/aromatic N) is 2. The molecule has 0 atom stereocenters. The van der Waals surface area contributed by atoms with E-state index in [1.165, 1.54) is 75.0 Å². The predicted molar refractivity (Wildman–Crippen MR) is 118 cm³/mol. The first-order chi connectivity index (χ1) is 13.6. The van der Waals surface area contributed by atoms with Crippen molar-refractivity contribution in [3.8, 4) is 0 Å². The molecule has 2 fully saturated rings. The fourth-order valence-electron chi connectivity index (χ4n) is 5.02. The van der Waals surface area contributed by atoms with Crippen LogP contribution in [0.15, 0.2) is 24.3 Å². The lowest BCUT2D eigenvalue weighted by Gasteiger charge is -2.60. The van der Waals surface area contributed by atoms with Gasteiger partial charge in [-0.3, -0.25) is 0 Å². The van der Waals surface area contributed by atoms with Crippen LogP contribution in [-0.4, -0.2) is 42.7 Å². The molecule has 0 bridgehead atoms. The third kappa shape index (κ3) is 5.13. The van der Waals surface area contributed by atoms with Gasteiger partial charge in [0.2, 0.25) is 0 Å². The van der Waals surface area contributed by atoms with Crippen molar-refractivity contribution in [2.75, 3.05) is 38.2 Å². The standard InChI is InChI=1S/C22H33N3.CH6N2/c1-3-4-6-17(2)19-13-22(14-19)15-25(16-22)12-5-7-20-9-8-18-10-11-23-21(18)24-20;2-1-3/h8-9,19H,2-7,10-16H2,1H3,(H,23,24);1-3H2. The van der Waals surface area contributed by atoms with Crippen LogP contribution < -0.4 is 16.8 Å². The number of hydrogen-bond donors (Lipinski definition) is 3. The number of aryl methyl sites for hydroxylation is 1. The lowest BCUT2D eigenvalue weighted by Crippen LogP contribution is -2.62. The Morgan fingerprint density at radius 2 is 2.04 bits per heavy atom. The zero-order chi connectivity index (χ0) is 20.0. The van der Waals surface area contributed by atoms with Gasteiger partial charge in [-0.1, -0.05) is 31.6 Å². The van der Waals surface area contributed by atoms with Crippen molar-refractivity contribution in [3.63, 3.8) is 0 Å². The number of rotatable bonds is 8. The molecule has 0 aromatic carbocycles. The maximum absolute atomic E-state index is 4.76. The van der Waals surface area contributed by atoms with Crippen LogP contribution in [0.1, 0.15) is 56.7 Å². The SMILES string of the molecule is C=C(CCCC)C1CC2(C1)CN(CCCc1ccc3c(n1)NCC3)C2.NCN. The molecule has 5 N–H and O–H groups in total. The summed E-state index contributed by atoms with van der Waals surface area (Å²) >= 11 is 0. The molecule has 2 aliphatic heterocycles. The van der Waals surface area contributed by atoms with E-state index in [-0.39, 0.29) is 6.67 Å². The van der Waals surface area contributed by atoms with E-state index in [1.807, 2.05) is 0 Å². The van der Waals surface area contributed by atoms with Crippen LogP contribution in [0.4, 0.5) is 5.82 Å². The van der Waals surface area contributed by atoms with Gasteiger partial charge in [-0.05, 0) is 74.5 Å². The quantitative estimate of drug-likeness (QED) is 0.473. The first-order valence-electron chi connectivity index (χ1n) is 11.1. The van der Waals surface area contributed by atoms with Gasteiger partial charge in [0.05, 0.1) is 0 Å². The van der Waals surface area contributed by atoms with Crippen molar-refractivity contribution in [3.05, 3.63) is 35.5 Å². The Morgan fingerprint density at radius 3 is 2.75 bits per heavy atom. The number of pyridine rings is 1. The summed E-state index contributed by atoms with van der Waals surface area (Å²) in [7, 11) is 0. The van der Waals surface area contributed by atoms with Gasteiger partial charge in [0.25, 0.3) is 0 Å². The minimum Gasteiger partial charge on any atom is -0.370 e. The van der Waals surface area contributed by atoms with E-state index < -0.39 is 0 Å². The molecule has 5 heteroatoms. The highest BCUT2D eigenvalue weighted by Crippen LogP contribution is 2.54. The molecule has 1 spiro atoms. The minimum absolute atomic E-state index is 0.250. The summed E-state index contributed by atoms with van der Waals surface area (Å²) in [5.74, 6) is 1.96. The van der Waals surface area contributed by atoms with Gasteiger partial charge < -0.3 is 21.7 Å². The van der Waals surface area contributed by atoms with E-state index in [2.05, 4.69) is 47.3 Å². The number of likely N-dealkylation sites (tertiary alicyclic amines) is 1. The number of fused-ring (bicyclic) bond motifs is 1. The third-order valence-corrected chi connectivity index (χ3v) is 6.54. The molecule has 3 aliphatic rings. The first-order valence-corrected chi connectivity index (χ1v) is 11.1. The maximum Gasteiger partial charge on any atom is 0.129 e.